The van der Waals surface area contributed by atoms with Gasteiger partial charge in [0.05, 0.1) is 6.54 Å². The van der Waals surface area contributed by atoms with E-state index in [1.54, 1.807) is 17.5 Å². The van der Waals surface area contributed by atoms with Crippen LogP contribution < -0.4 is 16.2 Å². The normalized spacial score (nSPS) is 14.5. The second-order valence-electron chi connectivity index (χ2n) is 4.32. The number of aromatic nitrogens is 2. The van der Waals surface area contributed by atoms with Gasteiger partial charge in [-0.2, -0.15) is 4.98 Å². The average molecular weight is 261 g/mol. The first kappa shape index (κ1) is 11.4. The Bertz CT molecular complexity index is 509. The molecule has 3 rings (SSSR count). The molecule has 3 N–H and O–H groups in total. The fourth-order valence-electron chi connectivity index (χ4n) is 1.93. The second-order valence-corrected chi connectivity index (χ2v) is 5.35. The lowest BCUT2D eigenvalue weighted by atomic mass is 10.4. The second kappa shape index (κ2) is 4.91. The van der Waals surface area contributed by atoms with Gasteiger partial charge >= 0.3 is 0 Å². The monoisotopic (exact) mass is 261 g/mol. The third-order valence-corrected chi connectivity index (χ3v) is 3.82. The van der Waals surface area contributed by atoms with Crippen LogP contribution in [0.5, 0.6) is 0 Å². The SMILES string of the molecule is NNc1nccc(N(Cc2cccs2)C2CC2)n1. The summed E-state index contributed by atoms with van der Waals surface area (Å²) in [5, 5.41) is 2.10. The van der Waals surface area contributed by atoms with Crippen molar-refractivity contribution in [3.05, 3.63) is 34.7 Å². The molecule has 2 heterocycles. The number of hydrogen-bond acceptors (Lipinski definition) is 6. The van der Waals surface area contributed by atoms with E-state index in [0.29, 0.717) is 12.0 Å². The molecule has 0 unspecified atom stereocenters. The summed E-state index contributed by atoms with van der Waals surface area (Å²) in [7, 11) is 0. The highest BCUT2D eigenvalue weighted by Crippen LogP contribution is 2.32. The van der Waals surface area contributed by atoms with E-state index in [2.05, 4.69) is 37.8 Å². The highest BCUT2D eigenvalue weighted by Gasteiger charge is 2.30. The molecule has 6 heteroatoms. The van der Waals surface area contributed by atoms with Gasteiger partial charge in [0, 0.05) is 17.1 Å². The van der Waals surface area contributed by atoms with Gasteiger partial charge in [0.25, 0.3) is 0 Å². The number of hydrazine groups is 1. The molecule has 0 aromatic carbocycles. The van der Waals surface area contributed by atoms with Crippen molar-refractivity contribution in [2.75, 3.05) is 10.3 Å². The highest BCUT2D eigenvalue weighted by atomic mass is 32.1. The summed E-state index contributed by atoms with van der Waals surface area (Å²) in [5.74, 6) is 6.76. The number of thiophene rings is 1. The van der Waals surface area contributed by atoms with Crippen LogP contribution in [0.3, 0.4) is 0 Å². The lowest BCUT2D eigenvalue weighted by molar-refractivity contribution is 0.784. The summed E-state index contributed by atoms with van der Waals surface area (Å²) in [6, 6.07) is 6.78. The van der Waals surface area contributed by atoms with E-state index >= 15 is 0 Å². The van der Waals surface area contributed by atoms with Gasteiger partial charge < -0.3 is 4.90 Å². The largest absolute Gasteiger partial charge is 0.348 e. The van der Waals surface area contributed by atoms with E-state index < -0.39 is 0 Å². The number of nitrogen functional groups attached to an aromatic ring is 1. The van der Waals surface area contributed by atoms with Crippen LogP contribution in [0.15, 0.2) is 29.8 Å². The molecule has 1 aliphatic carbocycles. The highest BCUT2D eigenvalue weighted by molar-refractivity contribution is 7.09. The summed E-state index contributed by atoms with van der Waals surface area (Å²) in [5.41, 5.74) is 2.49. The zero-order chi connectivity index (χ0) is 12.4. The molecular formula is C12H15N5S. The third-order valence-electron chi connectivity index (χ3n) is 2.96. The smallest absolute Gasteiger partial charge is 0.239 e. The topological polar surface area (TPSA) is 67.1 Å². The number of rotatable bonds is 5. The maximum Gasteiger partial charge on any atom is 0.239 e. The van der Waals surface area contributed by atoms with Gasteiger partial charge in [0.2, 0.25) is 5.95 Å². The molecular weight excluding hydrogens is 246 g/mol. The Labute approximate surface area is 110 Å². The molecule has 0 saturated heterocycles. The standard InChI is InChI=1S/C12H15N5S/c13-16-12-14-6-5-11(15-12)17(9-3-4-9)8-10-2-1-7-18-10/h1-2,5-7,9H,3-4,8,13H2,(H,14,15,16). The maximum absolute atomic E-state index is 5.36. The van der Waals surface area contributed by atoms with Crippen LogP contribution >= 0.6 is 11.3 Å². The van der Waals surface area contributed by atoms with Gasteiger partial charge in [0.15, 0.2) is 0 Å². The molecule has 94 valence electrons. The molecule has 1 fully saturated rings. The summed E-state index contributed by atoms with van der Waals surface area (Å²) >= 11 is 1.78. The van der Waals surface area contributed by atoms with Crippen LogP contribution in [-0.4, -0.2) is 16.0 Å². The zero-order valence-electron chi connectivity index (χ0n) is 9.91. The average Bonchev–Trinajstić information content (AvgIpc) is 3.13. The molecule has 1 saturated carbocycles. The van der Waals surface area contributed by atoms with Crippen LogP contribution in [-0.2, 0) is 6.54 Å². The Hall–Kier alpha value is -1.66. The third kappa shape index (κ3) is 2.44. The molecule has 0 bridgehead atoms. The molecule has 0 aliphatic heterocycles. The Kier molecular flexibility index (Phi) is 3.12. The summed E-state index contributed by atoms with van der Waals surface area (Å²) in [4.78, 5) is 12.1. The van der Waals surface area contributed by atoms with E-state index in [4.69, 9.17) is 5.84 Å². The number of hydrogen-bond donors (Lipinski definition) is 2. The van der Waals surface area contributed by atoms with Crippen molar-refractivity contribution >= 4 is 23.1 Å². The molecule has 2 aromatic rings. The van der Waals surface area contributed by atoms with Crippen molar-refractivity contribution in [2.24, 2.45) is 5.84 Å². The van der Waals surface area contributed by atoms with Gasteiger partial charge in [-0.1, -0.05) is 6.07 Å². The Morgan fingerprint density at radius 2 is 2.33 bits per heavy atom. The lowest BCUT2D eigenvalue weighted by Crippen LogP contribution is -2.26. The summed E-state index contributed by atoms with van der Waals surface area (Å²) < 4.78 is 0. The minimum atomic E-state index is 0.462. The fourth-order valence-corrected chi connectivity index (χ4v) is 2.64. The molecule has 5 nitrogen and oxygen atoms in total. The minimum absolute atomic E-state index is 0.462. The van der Waals surface area contributed by atoms with Crippen LogP contribution in [0.25, 0.3) is 0 Å². The number of nitrogens with zero attached hydrogens (tertiary/aromatic N) is 3. The van der Waals surface area contributed by atoms with E-state index in [-0.39, 0.29) is 0 Å². The first-order valence-corrected chi connectivity index (χ1v) is 6.83. The number of nitrogens with two attached hydrogens (primary N) is 1. The first-order valence-electron chi connectivity index (χ1n) is 5.95. The lowest BCUT2D eigenvalue weighted by Gasteiger charge is -2.22. The Morgan fingerprint density at radius 1 is 1.44 bits per heavy atom. The summed E-state index contributed by atoms with van der Waals surface area (Å²) in [6.45, 7) is 0.906. The van der Waals surface area contributed by atoms with E-state index in [9.17, 15) is 0 Å². The molecule has 0 radical (unpaired) electrons. The Balaban J connectivity index is 1.84. The molecule has 0 spiro atoms. The molecule has 0 amide bonds. The fraction of sp³-hybridized carbons (Fsp3) is 0.333. The van der Waals surface area contributed by atoms with E-state index in [0.717, 1.165) is 12.4 Å². The predicted molar refractivity (Wildman–Crippen MR) is 73.4 cm³/mol. The van der Waals surface area contributed by atoms with Gasteiger partial charge in [-0.05, 0) is 30.4 Å². The molecule has 2 aromatic heterocycles. The van der Waals surface area contributed by atoms with Crippen molar-refractivity contribution in [2.45, 2.75) is 25.4 Å². The first-order chi connectivity index (χ1) is 8.86. The van der Waals surface area contributed by atoms with Gasteiger partial charge in [-0.15, -0.1) is 11.3 Å². The van der Waals surface area contributed by atoms with E-state index in [1.807, 2.05) is 6.07 Å². The van der Waals surface area contributed by atoms with Crippen molar-refractivity contribution in [1.29, 1.82) is 0 Å². The minimum Gasteiger partial charge on any atom is -0.348 e. The van der Waals surface area contributed by atoms with Gasteiger partial charge in [0.1, 0.15) is 5.82 Å². The quantitative estimate of drug-likeness (QED) is 0.636. The van der Waals surface area contributed by atoms with Crippen molar-refractivity contribution in [3.8, 4) is 0 Å². The van der Waals surface area contributed by atoms with Crippen LogP contribution in [0.2, 0.25) is 0 Å². The van der Waals surface area contributed by atoms with Crippen molar-refractivity contribution < 1.29 is 0 Å². The molecule has 0 atom stereocenters. The molecule has 18 heavy (non-hydrogen) atoms. The maximum atomic E-state index is 5.36. The zero-order valence-corrected chi connectivity index (χ0v) is 10.7. The Morgan fingerprint density at radius 3 is 3.00 bits per heavy atom. The molecule has 1 aliphatic rings. The van der Waals surface area contributed by atoms with Crippen LogP contribution in [0.1, 0.15) is 17.7 Å². The van der Waals surface area contributed by atoms with E-state index in [1.165, 1.54) is 17.7 Å². The van der Waals surface area contributed by atoms with Crippen molar-refractivity contribution in [1.82, 2.24) is 9.97 Å². The van der Waals surface area contributed by atoms with Crippen LogP contribution in [0.4, 0.5) is 11.8 Å². The van der Waals surface area contributed by atoms with Crippen LogP contribution in [0, 0.1) is 0 Å². The summed E-state index contributed by atoms with van der Waals surface area (Å²) in [6.07, 6.45) is 4.21. The van der Waals surface area contributed by atoms with Gasteiger partial charge in [-0.25, -0.2) is 10.8 Å². The number of nitrogens with one attached hydrogen (secondary N) is 1. The van der Waals surface area contributed by atoms with Crippen molar-refractivity contribution in [3.63, 3.8) is 0 Å². The predicted octanol–water partition coefficient (Wildman–Crippen LogP) is 1.99. The van der Waals surface area contributed by atoms with Gasteiger partial charge in [-0.3, -0.25) is 5.43 Å². The number of anilines is 2.